The largest absolute Gasteiger partial charge is 0.469 e. The summed E-state index contributed by atoms with van der Waals surface area (Å²) in [5.41, 5.74) is 2.25. The molecule has 0 fully saturated rings. The highest BCUT2D eigenvalue weighted by atomic mass is 16.5. The van der Waals surface area contributed by atoms with E-state index >= 15 is 0 Å². The quantitative estimate of drug-likeness (QED) is 0.716. The van der Waals surface area contributed by atoms with E-state index < -0.39 is 0 Å². The van der Waals surface area contributed by atoms with Gasteiger partial charge in [0.15, 0.2) is 0 Å². The fraction of sp³-hybridized carbons (Fsp3) is 0.667. The lowest BCUT2D eigenvalue weighted by Crippen LogP contribution is -2.20. The number of nitrogens with zero attached hydrogens (tertiary/aromatic N) is 2. The third-order valence-electron chi connectivity index (χ3n) is 2.69. The number of esters is 1. The lowest BCUT2D eigenvalue weighted by molar-refractivity contribution is -0.145. The second-order valence-electron chi connectivity index (χ2n) is 3.94. The summed E-state index contributed by atoms with van der Waals surface area (Å²) in [4.78, 5) is 11.3. The molecule has 4 heteroatoms. The fourth-order valence-corrected chi connectivity index (χ4v) is 1.67. The van der Waals surface area contributed by atoms with Crippen LogP contribution in [0, 0.1) is 5.92 Å². The molecule has 0 N–H and O–H groups in total. The molecule has 0 amide bonds. The van der Waals surface area contributed by atoms with Crippen molar-refractivity contribution >= 4 is 5.97 Å². The Hall–Kier alpha value is -1.32. The number of carbonyl (C=O) groups excluding carboxylic acids is 1. The Labute approximate surface area is 96.6 Å². The summed E-state index contributed by atoms with van der Waals surface area (Å²) < 4.78 is 6.63. The average Bonchev–Trinajstić information content (AvgIpc) is 2.70. The lowest BCUT2D eigenvalue weighted by atomic mass is 10.2. The second-order valence-corrected chi connectivity index (χ2v) is 3.94. The number of hydrogen-bond acceptors (Lipinski definition) is 3. The summed E-state index contributed by atoms with van der Waals surface area (Å²) in [6.45, 7) is 6.63. The van der Waals surface area contributed by atoms with Gasteiger partial charge >= 0.3 is 5.97 Å². The van der Waals surface area contributed by atoms with E-state index in [-0.39, 0.29) is 11.9 Å². The second kappa shape index (κ2) is 5.68. The minimum absolute atomic E-state index is 0.153. The van der Waals surface area contributed by atoms with Gasteiger partial charge in [-0.2, -0.15) is 5.10 Å². The Kier molecular flexibility index (Phi) is 4.52. The molecule has 0 aliphatic rings. The van der Waals surface area contributed by atoms with E-state index in [1.54, 1.807) is 0 Å². The third kappa shape index (κ3) is 2.84. The number of rotatable bonds is 5. The van der Waals surface area contributed by atoms with Gasteiger partial charge in [0.25, 0.3) is 0 Å². The monoisotopic (exact) mass is 224 g/mol. The van der Waals surface area contributed by atoms with Gasteiger partial charge in [-0.1, -0.05) is 20.8 Å². The van der Waals surface area contributed by atoms with Gasteiger partial charge < -0.3 is 4.74 Å². The van der Waals surface area contributed by atoms with Crippen LogP contribution in [0.25, 0.3) is 0 Å². The predicted octanol–water partition coefficient (Wildman–Crippen LogP) is 1.82. The Morgan fingerprint density at radius 3 is 2.69 bits per heavy atom. The molecule has 0 bridgehead atoms. The Morgan fingerprint density at radius 2 is 2.19 bits per heavy atom. The first-order valence-electron chi connectivity index (χ1n) is 5.75. The van der Waals surface area contributed by atoms with Gasteiger partial charge in [-0.05, 0) is 18.9 Å². The van der Waals surface area contributed by atoms with E-state index in [2.05, 4.69) is 25.0 Å². The maximum absolute atomic E-state index is 11.3. The van der Waals surface area contributed by atoms with Gasteiger partial charge in [0, 0.05) is 5.69 Å². The van der Waals surface area contributed by atoms with Crippen LogP contribution in [0.1, 0.15) is 32.2 Å². The van der Waals surface area contributed by atoms with Crippen LogP contribution in [0.3, 0.4) is 0 Å². The van der Waals surface area contributed by atoms with Crippen molar-refractivity contribution in [3.63, 3.8) is 0 Å². The maximum atomic E-state index is 11.3. The zero-order chi connectivity index (χ0) is 12.1. The van der Waals surface area contributed by atoms with Crippen molar-refractivity contribution in [3.8, 4) is 0 Å². The molecule has 0 aromatic carbocycles. The topological polar surface area (TPSA) is 44.1 Å². The van der Waals surface area contributed by atoms with Crippen molar-refractivity contribution in [2.45, 2.75) is 40.2 Å². The van der Waals surface area contributed by atoms with Crippen LogP contribution in [-0.4, -0.2) is 22.9 Å². The van der Waals surface area contributed by atoms with Crippen molar-refractivity contribution in [2.24, 2.45) is 5.92 Å². The Morgan fingerprint density at radius 1 is 1.50 bits per heavy atom. The van der Waals surface area contributed by atoms with Crippen LogP contribution < -0.4 is 0 Å². The molecular weight excluding hydrogens is 204 g/mol. The van der Waals surface area contributed by atoms with Crippen molar-refractivity contribution in [1.29, 1.82) is 0 Å². The Bertz CT molecular complexity index is 358. The molecule has 4 nitrogen and oxygen atoms in total. The van der Waals surface area contributed by atoms with Gasteiger partial charge in [0.05, 0.1) is 25.3 Å². The molecule has 1 atom stereocenters. The third-order valence-corrected chi connectivity index (χ3v) is 2.69. The first kappa shape index (κ1) is 12.7. The highest BCUT2D eigenvalue weighted by molar-refractivity contribution is 5.71. The molecule has 1 unspecified atom stereocenters. The summed E-state index contributed by atoms with van der Waals surface area (Å²) in [6, 6.07) is 2.10. The maximum Gasteiger partial charge on any atom is 0.310 e. The van der Waals surface area contributed by atoms with Crippen LogP contribution in [0.4, 0.5) is 0 Å². The minimum Gasteiger partial charge on any atom is -0.469 e. The number of aryl methyl sites for hydroxylation is 2. The molecule has 0 saturated heterocycles. The SMILES string of the molecule is CCc1cc(CC)n(CC(C)C(=O)OC)n1. The number of aromatic nitrogens is 2. The minimum atomic E-state index is -0.185. The van der Waals surface area contributed by atoms with Gasteiger partial charge in [-0.15, -0.1) is 0 Å². The van der Waals surface area contributed by atoms with Crippen molar-refractivity contribution in [1.82, 2.24) is 9.78 Å². The van der Waals surface area contributed by atoms with E-state index in [9.17, 15) is 4.79 Å². The summed E-state index contributed by atoms with van der Waals surface area (Å²) in [7, 11) is 1.42. The fourth-order valence-electron chi connectivity index (χ4n) is 1.67. The molecular formula is C12H20N2O2. The van der Waals surface area contributed by atoms with Gasteiger partial charge in [0.1, 0.15) is 0 Å². The summed E-state index contributed by atoms with van der Waals surface area (Å²) in [6.07, 6.45) is 1.85. The highest BCUT2D eigenvalue weighted by Gasteiger charge is 2.16. The van der Waals surface area contributed by atoms with E-state index in [0.717, 1.165) is 18.5 Å². The molecule has 1 aromatic heterocycles. The zero-order valence-electron chi connectivity index (χ0n) is 10.5. The number of ether oxygens (including phenoxy) is 1. The average molecular weight is 224 g/mol. The van der Waals surface area contributed by atoms with Crippen LogP contribution >= 0.6 is 0 Å². The predicted molar refractivity (Wildman–Crippen MR) is 62.2 cm³/mol. The van der Waals surface area contributed by atoms with E-state index in [4.69, 9.17) is 4.74 Å². The molecule has 1 rings (SSSR count). The van der Waals surface area contributed by atoms with E-state index in [1.165, 1.54) is 12.8 Å². The van der Waals surface area contributed by atoms with Gasteiger partial charge in [-0.25, -0.2) is 0 Å². The van der Waals surface area contributed by atoms with Crippen LogP contribution in [-0.2, 0) is 28.9 Å². The van der Waals surface area contributed by atoms with Gasteiger partial charge in [-0.3, -0.25) is 9.48 Å². The number of methoxy groups -OCH3 is 1. The normalized spacial score (nSPS) is 12.5. The lowest BCUT2D eigenvalue weighted by Gasteiger charge is -2.11. The van der Waals surface area contributed by atoms with Crippen LogP contribution in [0.5, 0.6) is 0 Å². The summed E-state index contributed by atoms with van der Waals surface area (Å²) >= 11 is 0. The highest BCUT2D eigenvalue weighted by Crippen LogP contribution is 2.10. The van der Waals surface area contributed by atoms with Gasteiger partial charge in [0.2, 0.25) is 0 Å². The molecule has 1 aromatic rings. The summed E-state index contributed by atoms with van der Waals surface area (Å²) in [5.74, 6) is -0.337. The first-order chi connectivity index (χ1) is 7.62. The number of hydrogen-bond donors (Lipinski definition) is 0. The molecule has 1 heterocycles. The van der Waals surface area contributed by atoms with Crippen molar-refractivity contribution < 1.29 is 9.53 Å². The first-order valence-corrected chi connectivity index (χ1v) is 5.75. The molecule has 0 radical (unpaired) electrons. The molecule has 0 saturated carbocycles. The van der Waals surface area contributed by atoms with Crippen LogP contribution in [0.2, 0.25) is 0 Å². The standard InChI is InChI=1S/C12H20N2O2/c1-5-10-7-11(6-2)14(13-10)8-9(3)12(15)16-4/h7,9H,5-6,8H2,1-4H3. The summed E-state index contributed by atoms with van der Waals surface area (Å²) in [5, 5.41) is 4.47. The van der Waals surface area contributed by atoms with Crippen LogP contribution in [0.15, 0.2) is 6.07 Å². The molecule has 90 valence electrons. The number of carbonyl (C=O) groups is 1. The molecule has 0 aliphatic carbocycles. The van der Waals surface area contributed by atoms with E-state index in [1.807, 2.05) is 11.6 Å². The zero-order valence-corrected chi connectivity index (χ0v) is 10.5. The molecule has 16 heavy (non-hydrogen) atoms. The van der Waals surface area contributed by atoms with E-state index in [0.29, 0.717) is 6.54 Å². The van der Waals surface area contributed by atoms with Crippen molar-refractivity contribution in [2.75, 3.05) is 7.11 Å². The van der Waals surface area contributed by atoms with Crippen molar-refractivity contribution in [3.05, 3.63) is 17.5 Å². The molecule has 0 spiro atoms. The molecule has 0 aliphatic heterocycles. The Balaban J connectivity index is 2.79. The smallest absolute Gasteiger partial charge is 0.310 e.